The van der Waals surface area contributed by atoms with Crippen molar-refractivity contribution >= 4 is 11.8 Å². The van der Waals surface area contributed by atoms with E-state index in [-0.39, 0.29) is 10.6 Å². The highest BCUT2D eigenvalue weighted by molar-refractivity contribution is 5.63. The van der Waals surface area contributed by atoms with Crippen molar-refractivity contribution < 1.29 is 4.92 Å². The Morgan fingerprint density at radius 2 is 2.11 bits per heavy atom. The summed E-state index contributed by atoms with van der Waals surface area (Å²) in [6.07, 6.45) is 3.02. The summed E-state index contributed by atoms with van der Waals surface area (Å²) in [5.41, 5.74) is 2.02. The molecule has 0 saturated carbocycles. The van der Waals surface area contributed by atoms with Crippen molar-refractivity contribution in [3.8, 4) is 0 Å². The van der Waals surface area contributed by atoms with Crippen LogP contribution in [0.15, 0.2) is 29.8 Å². The van der Waals surface area contributed by atoms with Crippen molar-refractivity contribution in [3.63, 3.8) is 0 Å². The molecular formula is C15H22N2O2. The highest BCUT2D eigenvalue weighted by Crippen LogP contribution is 2.22. The molecule has 0 unspecified atom stereocenters. The van der Waals surface area contributed by atoms with Crippen molar-refractivity contribution in [1.82, 2.24) is 5.32 Å². The number of nitro groups is 1. The molecule has 4 nitrogen and oxygen atoms in total. The second kappa shape index (κ2) is 7.69. The van der Waals surface area contributed by atoms with Crippen molar-refractivity contribution in [2.24, 2.45) is 5.92 Å². The predicted molar refractivity (Wildman–Crippen MR) is 79.1 cm³/mol. The number of para-hydroxylation sites is 1. The fourth-order valence-electron chi connectivity index (χ4n) is 1.81. The lowest BCUT2D eigenvalue weighted by molar-refractivity contribution is -0.385. The van der Waals surface area contributed by atoms with E-state index in [9.17, 15) is 10.1 Å². The van der Waals surface area contributed by atoms with Crippen molar-refractivity contribution in [2.75, 3.05) is 13.1 Å². The van der Waals surface area contributed by atoms with Gasteiger partial charge in [-0.3, -0.25) is 10.1 Å². The Hall–Kier alpha value is -1.68. The Bertz CT molecular complexity index is 453. The van der Waals surface area contributed by atoms with E-state index in [0.29, 0.717) is 11.5 Å². The molecule has 0 fully saturated rings. The van der Waals surface area contributed by atoms with Gasteiger partial charge in [0.2, 0.25) is 0 Å². The fraction of sp³-hybridized carbons (Fsp3) is 0.467. The first-order valence-corrected chi connectivity index (χ1v) is 6.70. The molecule has 0 bridgehead atoms. The second-order valence-electron chi connectivity index (χ2n) is 4.87. The average molecular weight is 262 g/mol. The molecule has 1 aromatic rings. The molecule has 1 aromatic carbocycles. The van der Waals surface area contributed by atoms with Gasteiger partial charge in [0.25, 0.3) is 5.69 Å². The van der Waals surface area contributed by atoms with Crippen molar-refractivity contribution in [2.45, 2.75) is 27.2 Å². The van der Waals surface area contributed by atoms with Crippen LogP contribution in [0.2, 0.25) is 0 Å². The Kier molecular flexibility index (Phi) is 6.22. The number of nitrogens with zero attached hydrogens (tertiary/aromatic N) is 1. The second-order valence-corrected chi connectivity index (χ2v) is 4.87. The number of rotatable bonds is 7. The number of hydrogen-bond acceptors (Lipinski definition) is 3. The summed E-state index contributed by atoms with van der Waals surface area (Å²) in [6.45, 7) is 8.06. The minimum Gasteiger partial charge on any atom is -0.313 e. The standard InChI is InChI=1S/C15H22N2O2/c1-4-9-16-11-14(12(2)3)10-13-7-5-6-8-15(13)17(18)19/h5-8,10,12,16H,4,9,11H2,1-3H3. The Morgan fingerprint density at radius 1 is 1.42 bits per heavy atom. The van der Waals surface area contributed by atoms with E-state index in [2.05, 4.69) is 26.1 Å². The van der Waals surface area contributed by atoms with Crippen LogP contribution in [0, 0.1) is 16.0 Å². The number of hydrogen-bond donors (Lipinski definition) is 1. The molecule has 0 atom stereocenters. The zero-order valence-corrected chi connectivity index (χ0v) is 11.8. The quantitative estimate of drug-likeness (QED) is 0.464. The van der Waals surface area contributed by atoms with Crippen LogP contribution in [0.5, 0.6) is 0 Å². The molecule has 0 amide bonds. The molecule has 0 radical (unpaired) electrons. The smallest absolute Gasteiger partial charge is 0.276 e. The van der Waals surface area contributed by atoms with Gasteiger partial charge in [-0.05, 0) is 31.0 Å². The van der Waals surface area contributed by atoms with E-state index in [4.69, 9.17) is 0 Å². The SMILES string of the molecule is CCCNCC(=Cc1ccccc1[N+](=O)[O-])C(C)C. The molecule has 1 N–H and O–H groups in total. The minimum absolute atomic E-state index is 0.163. The van der Waals surface area contributed by atoms with E-state index in [1.807, 2.05) is 12.1 Å². The van der Waals surface area contributed by atoms with E-state index < -0.39 is 0 Å². The van der Waals surface area contributed by atoms with Gasteiger partial charge >= 0.3 is 0 Å². The topological polar surface area (TPSA) is 55.2 Å². The van der Waals surface area contributed by atoms with Crippen molar-refractivity contribution in [1.29, 1.82) is 0 Å². The summed E-state index contributed by atoms with van der Waals surface area (Å²) in [5.74, 6) is 0.365. The molecule has 0 aliphatic heterocycles. The normalized spacial score (nSPS) is 11.9. The van der Waals surface area contributed by atoms with Crippen LogP contribution in [0.25, 0.3) is 6.08 Å². The third kappa shape index (κ3) is 4.83. The first-order chi connectivity index (χ1) is 9.06. The van der Waals surface area contributed by atoms with Gasteiger partial charge in [-0.1, -0.05) is 38.5 Å². The number of nitro benzene ring substituents is 1. The first kappa shape index (κ1) is 15.4. The molecule has 19 heavy (non-hydrogen) atoms. The summed E-state index contributed by atoms with van der Waals surface area (Å²) >= 11 is 0. The molecule has 0 aliphatic carbocycles. The van der Waals surface area contributed by atoms with Gasteiger partial charge in [0.05, 0.1) is 10.5 Å². The molecule has 0 saturated heterocycles. The molecule has 0 spiro atoms. The zero-order chi connectivity index (χ0) is 14.3. The summed E-state index contributed by atoms with van der Waals surface area (Å²) in [4.78, 5) is 10.7. The van der Waals surface area contributed by atoms with Gasteiger partial charge in [-0.15, -0.1) is 0 Å². The third-order valence-corrected chi connectivity index (χ3v) is 2.97. The van der Waals surface area contributed by atoms with Crippen LogP contribution >= 0.6 is 0 Å². The number of nitrogens with one attached hydrogen (secondary N) is 1. The van der Waals surface area contributed by atoms with Crippen LogP contribution in [0.1, 0.15) is 32.8 Å². The lowest BCUT2D eigenvalue weighted by Crippen LogP contribution is -2.20. The van der Waals surface area contributed by atoms with Crippen LogP contribution in [-0.4, -0.2) is 18.0 Å². The maximum Gasteiger partial charge on any atom is 0.276 e. The molecule has 1 rings (SSSR count). The monoisotopic (exact) mass is 262 g/mol. The summed E-state index contributed by atoms with van der Waals surface area (Å²) in [7, 11) is 0. The highest BCUT2D eigenvalue weighted by Gasteiger charge is 2.12. The molecule has 0 aromatic heterocycles. The maximum absolute atomic E-state index is 11.0. The predicted octanol–water partition coefficient (Wildman–Crippen LogP) is 3.63. The maximum atomic E-state index is 11.0. The van der Waals surface area contributed by atoms with Gasteiger partial charge in [-0.2, -0.15) is 0 Å². The average Bonchev–Trinajstić information content (AvgIpc) is 2.38. The summed E-state index contributed by atoms with van der Waals surface area (Å²) in [5, 5.41) is 14.3. The lowest BCUT2D eigenvalue weighted by Gasteiger charge is -2.12. The molecular weight excluding hydrogens is 240 g/mol. The largest absolute Gasteiger partial charge is 0.313 e. The summed E-state index contributed by atoms with van der Waals surface area (Å²) in [6, 6.07) is 6.86. The number of benzene rings is 1. The Labute approximate surface area is 114 Å². The van der Waals surface area contributed by atoms with E-state index >= 15 is 0 Å². The van der Waals surface area contributed by atoms with Crippen LogP contribution < -0.4 is 5.32 Å². The molecule has 104 valence electrons. The van der Waals surface area contributed by atoms with E-state index in [0.717, 1.165) is 19.5 Å². The van der Waals surface area contributed by atoms with Gasteiger partial charge in [-0.25, -0.2) is 0 Å². The van der Waals surface area contributed by atoms with Gasteiger partial charge in [0.1, 0.15) is 0 Å². The van der Waals surface area contributed by atoms with Gasteiger partial charge in [0, 0.05) is 12.6 Å². The Morgan fingerprint density at radius 3 is 2.68 bits per heavy atom. The highest BCUT2D eigenvalue weighted by atomic mass is 16.6. The van der Waals surface area contributed by atoms with E-state index in [1.165, 1.54) is 5.57 Å². The first-order valence-electron chi connectivity index (χ1n) is 6.70. The molecule has 0 aliphatic rings. The zero-order valence-electron chi connectivity index (χ0n) is 11.8. The fourth-order valence-corrected chi connectivity index (χ4v) is 1.81. The van der Waals surface area contributed by atoms with Crippen LogP contribution in [-0.2, 0) is 0 Å². The molecule has 0 heterocycles. The Balaban J connectivity index is 2.98. The van der Waals surface area contributed by atoms with Crippen molar-refractivity contribution in [3.05, 3.63) is 45.5 Å². The third-order valence-electron chi connectivity index (χ3n) is 2.97. The van der Waals surface area contributed by atoms with Gasteiger partial charge in [0.15, 0.2) is 0 Å². The molecule has 4 heteroatoms. The van der Waals surface area contributed by atoms with Crippen LogP contribution in [0.4, 0.5) is 5.69 Å². The van der Waals surface area contributed by atoms with Gasteiger partial charge < -0.3 is 5.32 Å². The lowest BCUT2D eigenvalue weighted by atomic mass is 9.99. The summed E-state index contributed by atoms with van der Waals surface area (Å²) < 4.78 is 0. The van der Waals surface area contributed by atoms with Crippen LogP contribution in [0.3, 0.4) is 0 Å². The minimum atomic E-state index is -0.330. The van der Waals surface area contributed by atoms with E-state index in [1.54, 1.807) is 18.2 Å².